The van der Waals surface area contributed by atoms with Crippen molar-refractivity contribution in [3.05, 3.63) is 35.9 Å². The lowest BCUT2D eigenvalue weighted by molar-refractivity contribution is 0.0462. The van der Waals surface area contributed by atoms with Gasteiger partial charge in [-0.3, -0.25) is 4.90 Å². The lowest BCUT2D eigenvalue weighted by Crippen LogP contribution is -2.64. The van der Waals surface area contributed by atoms with Gasteiger partial charge in [0.1, 0.15) is 0 Å². The van der Waals surface area contributed by atoms with E-state index in [1.165, 1.54) is 24.9 Å². The minimum Gasteiger partial charge on any atom is -0.308 e. The van der Waals surface area contributed by atoms with Gasteiger partial charge in [-0.1, -0.05) is 44.2 Å². The second-order valence-corrected chi connectivity index (χ2v) is 7.27. The minimum atomic E-state index is 0.334. The average molecular weight is 272 g/mol. The van der Waals surface area contributed by atoms with Crippen LogP contribution in [0.15, 0.2) is 30.3 Å². The lowest BCUT2D eigenvalue weighted by Gasteiger charge is -2.48. The molecule has 2 heteroatoms. The molecule has 2 atom stereocenters. The van der Waals surface area contributed by atoms with Gasteiger partial charge in [0.25, 0.3) is 0 Å². The number of hydrogen-bond acceptors (Lipinski definition) is 2. The van der Waals surface area contributed by atoms with Gasteiger partial charge < -0.3 is 5.32 Å². The number of piperazine rings is 1. The summed E-state index contributed by atoms with van der Waals surface area (Å²) in [5.74, 6) is 1.60. The molecule has 1 saturated carbocycles. The van der Waals surface area contributed by atoms with Crippen molar-refractivity contribution in [2.45, 2.75) is 51.7 Å². The van der Waals surface area contributed by atoms with Crippen molar-refractivity contribution in [3.63, 3.8) is 0 Å². The predicted molar refractivity (Wildman–Crippen MR) is 84.6 cm³/mol. The minimum absolute atomic E-state index is 0.334. The van der Waals surface area contributed by atoms with Crippen LogP contribution >= 0.6 is 0 Å². The van der Waals surface area contributed by atoms with Gasteiger partial charge in [0.05, 0.1) is 0 Å². The van der Waals surface area contributed by atoms with Gasteiger partial charge in [-0.25, -0.2) is 0 Å². The Balaban J connectivity index is 1.75. The van der Waals surface area contributed by atoms with E-state index in [1.54, 1.807) is 0 Å². The molecule has 1 saturated heterocycles. The maximum Gasteiger partial charge on any atom is 0.0309 e. The second-order valence-electron chi connectivity index (χ2n) is 7.27. The third kappa shape index (κ3) is 2.91. The van der Waals surface area contributed by atoms with Gasteiger partial charge in [-0.2, -0.15) is 0 Å². The molecule has 2 unspecified atom stereocenters. The molecule has 110 valence electrons. The second kappa shape index (κ2) is 5.50. The molecule has 0 amide bonds. The van der Waals surface area contributed by atoms with Crippen molar-refractivity contribution in [2.24, 2.45) is 11.8 Å². The van der Waals surface area contributed by atoms with Gasteiger partial charge in [0, 0.05) is 31.2 Å². The van der Waals surface area contributed by atoms with Crippen LogP contribution in [0.4, 0.5) is 0 Å². The first-order valence-electron chi connectivity index (χ1n) is 8.11. The normalized spacial score (nSPS) is 31.7. The first kappa shape index (κ1) is 14.1. The Morgan fingerprint density at radius 2 is 1.95 bits per heavy atom. The molecule has 2 aliphatic rings. The molecule has 2 fully saturated rings. The summed E-state index contributed by atoms with van der Waals surface area (Å²) < 4.78 is 0. The van der Waals surface area contributed by atoms with Gasteiger partial charge >= 0.3 is 0 Å². The van der Waals surface area contributed by atoms with Crippen molar-refractivity contribution in [1.29, 1.82) is 0 Å². The van der Waals surface area contributed by atoms with E-state index >= 15 is 0 Å². The van der Waals surface area contributed by atoms with Crippen molar-refractivity contribution >= 4 is 0 Å². The van der Waals surface area contributed by atoms with Gasteiger partial charge in [-0.05, 0) is 37.2 Å². The summed E-state index contributed by atoms with van der Waals surface area (Å²) >= 11 is 0. The lowest BCUT2D eigenvalue weighted by atomic mass is 9.88. The van der Waals surface area contributed by atoms with Crippen molar-refractivity contribution < 1.29 is 0 Å². The molecule has 0 radical (unpaired) electrons. The van der Waals surface area contributed by atoms with Crippen LogP contribution in [-0.2, 0) is 6.54 Å². The van der Waals surface area contributed by atoms with Crippen LogP contribution in [0.1, 0.15) is 39.2 Å². The quantitative estimate of drug-likeness (QED) is 0.905. The highest BCUT2D eigenvalue weighted by Gasteiger charge is 2.46. The molecular formula is C18H28N2. The summed E-state index contributed by atoms with van der Waals surface area (Å²) in [7, 11) is 0. The van der Waals surface area contributed by atoms with Crippen molar-refractivity contribution in [2.75, 3.05) is 13.1 Å². The summed E-state index contributed by atoms with van der Waals surface area (Å²) in [6, 6.07) is 11.6. The molecule has 1 aromatic carbocycles. The fourth-order valence-electron chi connectivity index (χ4n) is 3.70. The fraction of sp³-hybridized carbons (Fsp3) is 0.667. The van der Waals surface area contributed by atoms with E-state index in [4.69, 9.17) is 0 Å². The molecule has 3 rings (SSSR count). The number of rotatable bonds is 4. The van der Waals surface area contributed by atoms with E-state index in [0.717, 1.165) is 19.0 Å². The zero-order valence-corrected chi connectivity index (χ0v) is 13.1. The first-order valence-corrected chi connectivity index (χ1v) is 8.11. The van der Waals surface area contributed by atoms with Gasteiger partial charge in [-0.15, -0.1) is 0 Å². The third-order valence-corrected chi connectivity index (χ3v) is 5.19. The van der Waals surface area contributed by atoms with Crippen LogP contribution in [0.25, 0.3) is 0 Å². The molecule has 0 bridgehead atoms. The SMILES string of the molecule is CC(C)C1CNC(C)(C2CC2)CN1Cc1ccccc1. The van der Waals surface area contributed by atoms with Gasteiger partial charge in [0.15, 0.2) is 0 Å². The standard InChI is InChI=1S/C18H28N2/c1-14(2)17-11-19-18(3,16-9-10-16)13-20(17)12-15-7-5-4-6-8-15/h4-8,14,16-17,19H,9-13H2,1-3H3. The maximum atomic E-state index is 3.86. The van der Waals surface area contributed by atoms with Crippen LogP contribution in [-0.4, -0.2) is 29.6 Å². The molecule has 1 aliphatic heterocycles. The van der Waals surface area contributed by atoms with Crippen molar-refractivity contribution in [3.8, 4) is 0 Å². The van der Waals surface area contributed by atoms with E-state index in [-0.39, 0.29) is 0 Å². The van der Waals surface area contributed by atoms with Crippen LogP contribution in [0.2, 0.25) is 0 Å². The Bertz CT molecular complexity index is 438. The molecule has 1 aromatic rings. The molecule has 1 N–H and O–H groups in total. The van der Waals surface area contributed by atoms with Gasteiger partial charge in [0.2, 0.25) is 0 Å². The van der Waals surface area contributed by atoms with Crippen LogP contribution in [0.5, 0.6) is 0 Å². The Morgan fingerprint density at radius 1 is 1.25 bits per heavy atom. The van der Waals surface area contributed by atoms with Crippen molar-refractivity contribution in [1.82, 2.24) is 10.2 Å². The van der Waals surface area contributed by atoms with E-state index in [0.29, 0.717) is 17.5 Å². The Hall–Kier alpha value is -0.860. The summed E-state index contributed by atoms with van der Waals surface area (Å²) in [4.78, 5) is 2.72. The molecular weight excluding hydrogens is 244 g/mol. The molecule has 0 spiro atoms. The predicted octanol–water partition coefficient (Wildman–Crippen LogP) is 3.29. The number of benzene rings is 1. The number of nitrogens with zero attached hydrogens (tertiary/aromatic N) is 1. The van der Waals surface area contributed by atoms with E-state index < -0.39 is 0 Å². The average Bonchev–Trinajstić information content (AvgIpc) is 3.24. The monoisotopic (exact) mass is 272 g/mol. The highest BCUT2D eigenvalue weighted by molar-refractivity contribution is 5.15. The number of nitrogens with one attached hydrogen (secondary N) is 1. The summed E-state index contributed by atoms with van der Waals surface area (Å²) in [5, 5.41) is 3.86. The molecule has 2 nitrogen and oxygen atoms in total. The third-order valence-electron chi connectivity index (χ3n) is 5.19. The molecule has 1 aliphatic carbocycles. The van der Waals surface area contributed by atoms with E-state index in [1.807, 2.05) is 0 Å². The zero-order chi connectivity index (χ0) is 14.2. The number of hydrogen-bond donors (Lipinski definition) is 1. The summed E-state index contributed by atoms with van der Waals surface area (Å²) in [6.45, 7) is 10.5. The van der Waals surface area contributed by atoms with E-state index in [2.05, 4.69) is 61.3 Å². The molecule has 1 heterocycles. The fourth-order valence-corrected chi connectivity index (χ4v) is 3.70. The Kier molecular flexibility index (Phi) is 3.87. The first-order chi connectivity index (χ1) is 9.58. The Morgan fingerprint density at radius 3 is 2.55 bits per heavy atom. The van der Waals surface area contributed by atoms with E-state index in [9.17, 15) is 0 Å². The molecule has 0 aromatic heterocycles. The topological polar surface area (TPSA) is 15.3 Å². The highest BCUT2D eigenvalue weighted by atomic mass is 15.3. The smallest absolute Gasteiger partial charge is 0.0309 e. The maximum absolute atomic E-state index is 3.86. The van der Waals surface area contributed by atoms with Crippen LogP contribution < -0.4 is 5.32 Å². The largest absolute Gasteiger partial charge is 0.308 e. The highest BCUT2D eigenvalue weighted by Crippen LogP contribution is 2.42. The van der Waals surface area contributed by atoms with Crippen LogP contribution in [0.3, 0.4) is 0 Å². The summed E-state index contributed by atoms with van der Waals surface area (Å²) in [5.41, 5.74) is 1.78. The summed E-state index contributed by atoms with van der Waals surface area (Å²) in [6.07, 6.45) is 2.82. The van der Waals surface area contributed by atoms with Crippen LogP contribution in [0, 0.1) is 11.8 Å². The molecule has 20 heavy (non-hydrogen) atoms. The zero-order valence-electron chi connectivity index (χ0n) is 13.1. The Labute approximate surface area is 123 Å².